The minimum atomic E-state index is -0.666. The van der Waals surface area contributed by atoms with Crippen molar-refractivity contribution in [3.63, 3.8) is 0 Å². The topological polar surface area (TPSA) is 49.3 Å². The van der Waals surface area contributed by atoms with Crippen LogP contribution in [0.1, 0.15) is 45.4 Å². The van der Waals surface area contributed by atoms with Crippen LogP contribution in [0, 0.1) is 0 Å². The lowest BCUT2D eigenvalue weighted by Crippen LogP contribution is -2.54. The quantitative estimate of drug-likeness (QED) is 0.701. The van der Waals surface area contributed by atoms with E-state index < -0.39 is 11.5 Å². The predicted octanol–water partition coefficient (Wildman–Crippen LogP) is 1.77. The highest BCUT2D eigenvalue weighted by molar-refractivity contribution is 5.78. The van der Waals surface area contributed by atoms with Crippen LogP contribution in [0.25, 0.3) is 0 Å². The van der Waals surface area contributed by atoms with Crippen LogP contribution in [0.5, 0.6) is 0 Å². The Kier molecular flexibility index (Phi) is 3.72. The summed E-state index contributed by atoms with van der Waals surface area (Å²) >= 11 is 0. The first kappa shape index (κ1) is 10.5. The van der Waals surface area contributed by atoms with E-state index in [1.807, 2.05) is 0 Å². The average Bonchev–Trinajstić information content (AvgIpc) is 2.16. The first-order valence-corrected chi connectivity index (χ1v) is 5.20. The molecular weight excluding hydrogens is 166 g/mol. The Morgan fingerprint density at radius 3 is 2.77 bits per heavy atom. The van der Waals surface area contributed by atoms with E-state index >= 15 is 0 Å². The van der Waals surface area contributed by atoms with E-state index in [1.165, 1.54) is 0 Å². The van der Waals surface area contributed by atoms with Crippen molar-refractivity contribution >= 4 is 5.97 Å². The summed E-state index contributed by atoms with van der Waals surface area (Å²) in [6.45, 7) is 2.95. The standard InChI is InChI=1S/C10H19NO2/c1-2-3-6-10(9(12)13)7-4-5-8-11-10/h11H,2-8H2,1H3,(H,12,13)/t10-/m0/s1. The summed E-state index contributed by atoms with van der Waals surface area (Å²) in [5, 5.41) is 12.3. The van der Waals surface area contributed by atoms with Gasteiger partial charge in [-0.05, 0) is 32.2 Å². The van der Waals surface area contributed by atoms with Crippen LogP contribution in [0.2, 0.25) is 0 Å². The van der Waals surface area contributed by atoms with Crippen LogP contribution in [-0.4, -0.2) is 23.2 Å². The highest BCUT2D eigenvalue weighted by Gasteiger charge is 2.38. The number of aliphatic carboxylic acids is 1. The largest absolute Gasteiger partial charge is 0.480 e. The number of hydrogen-bond donors (Lipinski definition) is 2. The van der Waals surface area contributed by atoms with E-state index in [-0.39, 0.29) is 0 Å². The minimum absolute atomic E-state index is 0.603. The number of hydrogen-bond acceptors (Lipinski definition) is 2. The first-order valence-electron chi connectivity index (χ1n) is 5.20. The Labute approximate surface area is 79.5 Å². The van der Waals surface area contributed by atoms with Gasteiger partial charge in [0.1, 0.15) is 5.54 Å². The summed E-state index contributed by atoms with van der Waals surface area (Å²) < 4.78 is 0. The summed E-state index contributed by atoms with van der Waals surface area (Å²) in [6, 6.07) is 0. The molecule has 3 heteroatoms. The molecule has 1 rings (SSSR count). The van der Waals surface area contributed by atoms with E-state index in [0.717, 1.165) is 45.1 Å². The van der Waals surface area contributed by atoms with E-state index in [2.05, 4.69) is 12.2 Å². The molecule has 1 atom stereocenters. The maximum absolute atomic E-state index is 11.1. The molecule has 76 valence electrons. The van der Waals surface area contributed by atoms with Gasteiger partial charge in [-0.3, -0.25) is 4.79 Å². The molecule has 3 nitrogen and oxygen atoms in total. The third kappa shape index (κ3) is 2.44. The lowest BCUT2D eigenvalue weighted by molar-refractivity contribution is -0.146. The molecule has 1 heterocycles. The van der Waals surface area contributed by atoms with Gasteiger partial charge in [0.25, 0.3) is 0 Å². The van der Waals surface area contributed by atoms with E-state index in [0.29, 0.717) is 0 Å². The van der Waals surface area contributed by atoms with Crippen molar-refractivity contribution in [2.24, 2.45) is 0 Å². The molecule has 0 aromatic carbocycles. The molecule has 2 N–H and O–H groups in total. The highest BCUT2D eigenvalue weighted by atomic mass is 16.4. The van der Waals surface area contributed by atoms with Gasteiger partial charge in [-0.1, -0.05) is 19.8 Å². The monoisotopic (exact) mass is 185 g/mol. The second kappa shape index (κ2) is 4.61. The van der Waals surface area contributed by atoms with Gasteiger partial charge in [-0.15, -0.1) is 0 Å². The van der Waals surface area contributed by atoms with E-state index in [9.17, 15) is 4.79 Å². The van der Waals surface area contributed by atoms with Crippen molar-refractivity contribution in [2.75, 3.05) is 6.54 Å². The molecule has 0 aliphatic carbocycles. The maximum Gasteiger partial charge on any atom is 0.323 e. The van der Waals surface area contributed by atoms with Gasteiger partial charge in [0.05, 0.1) is 0 Å². The smallest absolute Gasteiger partial charge is 0.323 e. The zero-order chi connectivity index (χ0) is 9.73. The van der Waals surface area contributed by atoms with Crippen LogP contribution in [0.4, 0.5) is 0 Å². The van der Waals surface area contributed by atoms with Gasteiger partial charge >= 0.3 is 5.97 Å². The highest BCUT2D eigenvalue weighted by Crippen LogP contribution is 2.25. The summed E-state index contributed by atoms with van der Waals surface area (Å²) in [5.41, 5.74) is -0.603. The third-order valence-electron chi connectivity index (χ3n) is 2.86. The van der Waals surface area contributed by atoms with Crippen LogP contribution in [-0.2, 0) is 4.79 Å². The van der Waals surface area contributed by atoms with Crippen molar-refractivity contribution in [1.82, 2.24) is 5.32 Å². The number of piperidine rings is 1. The Hall–Kier alpha value is -0.570. The number of rotatable bonds is 4. The molecule has 0 unspecified atom stereocenters. The van der Waals surface area contributed by atoms with Gasteiger partial charge in [0.15, 0.2) is 0 Å². The second-order valence-corrected chi connectivity index (χ2v) is 3.87. The minimum Gasteiger partial charge on any atom is -0.480 e. The second-order valence-electron chi connectivity index (χ2n) is 3.87. The SMILES string of the molecule is CCCC[C@@]1(C(=O)O)CCCCN1. The van der Waals surface area contributed by atoms with Gasteiger partial charge in [-0.25, -0.2) is 0 Å². The van der Waals surface area contributed by atoms with Crippen molar-refractivity contribution in [1.29, 1.82) is 0 Å². The van der Waals surface area contributed by atoms with Crippen LogP contribution >= 0.6 is 0 Å². The number of carboxylic acids is 1. The average molecular weight is 185 g/mol. The summed E-state index contributed by atoms with van der Waals surface area (Å²) in [6.07, 6.45) is 5.79. The van der Waals surface area contributed by atoms with Crippen molar-refractivity contribution in [2.45, 2.75) is 51.0 Å². The summed E-state index contributed by atoms with van der Waals surface area (Å²) in [7, 11) is 0. The lowest BCUT2D eigenvalue weighted by Gasteiger charge is -2.34. The molecule has 1 fully saturated rings. The fourth-order valence-corrected chi connectivity index (χ4v) is 1.95. The molecule has 0 saturated carbocycles. The molecule has 1 aliphatic heterocycles. The third-order valence-corrected chi connectivity index (χ3v) is 2.86. The Morgan fingerprint density at radius 1 is 1.54 bits per heavy atom. The summed E-state index contributed by atoms with van der Waals surface area (Å²) in [4.78, 5) is 11.1. The normalized spacial score (nSPS) is 28.7. The number of unbranched alkanes of at least 4 members (excludes halogenated alkanes) is 1. The fourth-order valence-electron chi connectivity index (χ4n) is 1.95. The predicted molar refractivity (Wildman–Crippen MR) is 51.7 cm³/mol. The number of carboxylic acid groups (broad SMARTS) is 1. The van der Waals surface area contributed by atoms with Gasteiger partial charge in [-0.2, -0.15) is 0 Å². The zero-order valence-electron chi connectivity index (χ0n) is 8.31. The first-order chi connectivity index (χ1) is 6.21. The number of nitrogens with one attached hydrogen (secondary N) is 1. The fraction of sp³-hybridized carbons (Fsp3) is 0.900. The molecule has 0 amide bonds. The van der Waals surface area contributed by atoms with Crippen molar-refractivity contribution in [3.05, 3.63) is 0 Å². The van der Waals surface area contributed by atoms with Crippen LogP contribution in [0.15, 0.2) is 0 Å². The molecule has 1 saturated heterocycles. The Balaban J connectivity index is 2.56. The van der Waals surface area contributed by atoms with Crippen molar-refractivity contribution < 1.29 is 9.90 Å². The van der Waals surface area contributed by atoms with Crippen molar-refractivity contribution in [3.8, 4) is 0 Å². The van der Waals surface area contributed by atoms with Gasteiger partial charge < -0.3 is 10.4 Å². The van der Waals surface area contributed by atoms with Crippen LogP contribution in [0.3, 0.4) is 0 Å². The molecule has 0 aromatic heterocycles. The molecule has 0 aromatic rings. The maximum atomic E-state index is 11.1. The van der Waals surface area contributed by atoms with Crippen LogP contribution < -0.4 is 5.32 Å². The van der Waals surface area contributed by atoms with E-state index in [4.69, 9.17) is 5.11 Å². The molecular formula is C10H19NO2. The van der Waals surface area contributed by atoms with Gasteiger partial charge in [0.2, 0.25) is 0 Å². The molecule has 1 aliphatic rings. The molecule has 0 spiro atoms. The Bertz CT molecular complexity index is 174. The molecule has 0 radical (unpaired) electrons. The molecule has 0 bridgehead atoms. The lowest BCUT2D eigenvalue weighted by atomic mass is 9.84. The molecule has 13 heavy (non-hydrogen) atoms. The van der Waals surface area contributed by atoms with Gasteiger partial charge in [0, 0.05) is 0 Å². The number of carbonyl (C=O) groups is 1. The zero-order valence-corrected chi connectivity index (χ0v) is 8.31. The summed E-state index contributed by atoms with van der Waals surface area (Å²) in [5.74, 6) is -0.666. The Morgan fingerprint density at radius 2 is 2.31 bits per heavy atom. The van der Waals surface area contributed by atoms with E-state index in [1.54, 1.807) is 0 Å².